The van der Waals surface area contributed by atoms with Crippen LogP contribution in [0, 0.1) is 0 Å². The Kier molecular flexibility index (Phi) is 3.40. The quantitative estimate of drug-likeness (QED) is 0.531. The molecule has 5 heterocycles. The lowest BCUT2D eigenvalue weighted by Gasteiger charge is -2.27. The summed E-state index contributed by atoms with van der Waals surface area (Å²) in [5.41, 5.74) is 1.08. The number of hydrogen-bond donors (Lipinski definition) is 4. The van der Waals surface area contributed by atoms with Gasteiger partial charge in [-0.3, -0.25) is 0 Å². The zero-order valence-corrected chi connectivity index (χ0v) is 14.8. The molecule has 0 bridgehead atoms. The smallest absolute Gasteiger partial charge is 0.167 e. The van der Waals surface area contributed by atoms with Crippen molar-refractivity contribution in [3.05, 3.63) is 28.8 Å². The number of fused-ring (bicyclic) bond motifs is 2. The number of aliphatic hydroxyl groups excluding tert-OH is 2. The minimum absolute atomic E-state index is 0.379. The lowest BCUT2D eigenvalue weighted by molar-refractivity contribution is -0.0948. The highest BCUT2D eigenvalue weighted by Gasteiger charge is 2.53. The normalized spacial score (nSPS) is 30.2. The number of aliphatic hydroxyl groups is 3. The Morgan fingerprint density at radius 2 is 2.27 bits per heavy atom. The van der Waals surface area contributed by atoms with E-state index in [0.29, 0.717) is 12.2 Å². The van der Waals surface area contributed by atoms with Gasteiger partial charge in [-0.05, 0) is 23.9 Å². The van der Waals surface area contributed by atoms with Crippen LogP contribution in [0.4, 0.5) is 5.82 Å². The van der Waals surface area contributed by atoms with Gasteiger partial charge in [-0.2, -0.15) is 0 Å². The van der Waals surface area contributed by atoms with Crippen molar-refractivity contribution in [1.82, 2.24) is 14.5 Å². The molecule has 0 aliphatic carbocycles. The summed E-state index contributed by atoms with van der Waals surface area (Å²) in [4.78, 5) is 9.96. The summed E-state index contributed by atoms with van der Waals surface area (Å²) in [6.07, 6.45) is 0.402. The number of aromatic nitrogens is 3. The van der Waals surface area contributed by atoms with Crippen LogP contribution in [0.5, 0.6) is 0 Å². The summed E-state index contributed by atoms with van der Waals surface area (Å²) in [5.74, 6) is 0.726. The van der Waals surface area contributed by atoms with Crippen molar-refractivity contribution in [3.8, 4) is 11.1 Å². The first-order chi connectivity index (χ1) is 12.5. The third kappa shape index (κ3) is 2.03. The van der Waals surface area contributed by atoms with Gasteiger partial charge in [0.15, 0.2) is 6.23 Å². The highest BCUT2D eigenvalue weighted by atomic mass is 32.1. The number of ether oxygens (including phenoxy) is 1. The Hall–Kier alpha value is -2.04. The van der Waals surface area contributed by atoms with Crippen molar-refractivity contribution in [2.75, 3.05) is 11.9 Å². The maximum absolute atomic E-state index is 10.9. The summed E-state index contributed by atoms with van der Waals surface area (Å²) in [6.45, 7) is 1.82. The third-order valence-corrected chi connectivity index (χ3v) is 6.17. The molecule has 0 radical (unpaired) electrons. The van der Waals surface area contributed by atoms with Crippen molar-refractivity contribution in [2.45, 2.75) is 37.5 Å². The maximum atomic E-state index is 10.9. The van der Waals surface area contributed by atoms with Crippen molar-refractivity contribution < 1.29 is 20.1 Å². The van der Waals surface area contributed by atoms with E-state index in [1.165, 1.54) is 18.1 Å². The molecule has 0 aromatic carbocycles. The number of hydrogen-bond acceptors (Lipinski definition) is 8. The van der Waals surface area contributed by atoms with Crippen molar-refractivity contribution >= 4 is 28.2 Å². The maximum Gasteiger partial charge on any atom is 0.167 e. The Labute approximate surface area is 152 Å². The highest BCUT2D eigenvalue weighted by molar-refractivity contribution is 7.10. The molecule has 136 valence electrons. The Morgan fingerprint density at radius 1 is 1.42 bits per heavy atom. The van der Waals surface area contributed by atoms with Crippen molar-refractivity contribution in [1.29, 1.82) is 0 Å². The molecule has 0 spiro atoms. The van der Waals surface area contributed by atoms with Crippen LogP contribution in [-0.2, 0) is 11.3 Å². The Bertz CT molecular complexity index is 998. The predicted octanol–water partition coefficient (Wildman–Crippen LogP) is 1.09. The van der Waals surface area contributed by atoms with Gasteiger partial charge in [0.1, 0.15) is 35.6 Å². The van der Waals surface area contributed by atoms with E-state index in [1.807, 2.05) is 11.6 Å². The number of thiophene rings is 1. The van der Waals surface area contributed by atoms with Crippen LogP contribution in [0.3, 0.4) is 0 Å². The van der Waals surface area contributed by atoms with Gasteiger partial charge in [0.05, 0.1) is 18.5 Å². The van der Waals surface area contributed by atoms with Gasteiger partial charge in [-0.15, -0.1) is 11.3 Å². The fraction of sp³-hybridized carbons (Fsp3) is 0.412. The van der Waals surface area contributed by atoms with Crippen molar-refractivity contribution in [3.63, 3.8) is 0 Å². The second-order valence-electron chi connectivity index (χ2n) is 6.86. The van der Waals surface area contributed by atoms with E-state index in [9.17, 15) is 15.3 Å². The molecule has 3 aromatic heterocycles. The van der Waals surface area contributed by atoms with Gasteiger partial charge in [0, 0.05) is 16.6 Å². The Balaban J connectivity index is 1.75. The van der Waals surface area contributed by atoms with Gasteiger partial charge >= 0.3 is 0 Å². The molecule has 1 saturated heterocycles. The SMILES string of the molecule is CC1(O)C(n2cc3c4c(ncnc42)NCc2sccc2-3)O[C@H](CO)[C@H]1O. The first kappa shape index (κ1) is 16.2. The van der Waals surface area contributed by atoms with Crippen LogP contribution in [0.1, 0.15) is 18.0 Å². The molecule has 26 heavy (non-hydrogen) atoms. The van der Waals surface area contributed by atoms with Crippen LogP contribution in [0.15, 0.2) is 24.0 Å². The molecular formula is C17H18N4O4S. The average Bonchev–Trinajstić information content (AvgIpc) is 3.27. The number of nitrogens with one attached hydrogen (secondary N) is 1. The summed E-state index contributed by atoms with van der Waals surface area (Å²) in [5, 5.41) is 36.9. The van der Waals surface area contributed by atoms with E-state index in [-0.39, 0.29) is 6.61 Å². The van der Waals surface area contributed by atoms with Gasteiger partial charge < -0.3 is 29.9 Å². The van der Waals surface area contributed by atoms with E-state index in [2.05, 4.69) is 21.4 Å². The minimum Gasteiger partial charge on any atom is -0.394 e. The molecule has 3 aromatic rings. The lowest BCUT2D eigenvalue weighted by Crippen LogP contribution is -2.44. The van der Waals surface area contributed by atoms with Gasteiger partial charge in [0.2, 0.25) is 0 Å². The van der Waals surface area contributed by atoms with Crippen LogP contribution >= 0.6 is 11.3 Å². The number of nitrogens with zero attached hydrogens (tertiary/aromatic N) is 3. The zero-order chi connectivity index (χ0) is 18.1. The molecule has 8 nitrogen and oxygen atoms in total. The topological polar surface area (TPSA) is 113 Å². The van der Waals surface area contributed by atoms with Crippen LogP contribution in [-0.4, -0.2) is 54.3 Å². The van der Waals surface area contributed by atoms with Crippen LogP contribution in [0.2, 0.25) is 0 Å². The van der Waals surface area contributed by atoms with E-state index in [0.717, 1.165) is 22.3 Å². The molecule has 5 rings (SSSR count). The summed E-state index contributed by atoms with van der Waals surface area (Å²) in [6, 6.07) is 2.06. The van der Waals surface area contributed by atoms with E-state index in [4.69, 9.17) is 4.74 Å². The first-order valence-electron chi connectivity index (χ1n) is 8.35. The fourth-order valence-electron chi connectivity index (χ4n) is 3.87. The number of rotatable bonds is 2. The summed E-state index contributed by atoms with van der Waals surface area (Å²) >= 11 is 1.67. The molecule has 2 aliphatic rings. The van der Waals surface area contributed by atoms with Crippen molar-refractivity contribution in [2.24, 2.45) is 0 Å². The highest BCUT2D eigenvalue weighted by Crippen LogP contribution is 2.45. The molecular weight excluding hydrogens is 356 g/mol. The number of anilines is 1. The molecule has 0 saturated carbocycles. The fourth-order valence-corrected chi connectivity index (χ4v) is 4.70. The first-order valence-corrected chi connectivity index (χ1v) is 9.23. The molecule has 1 fully saturated rings. The molecule has 4 atom stereocenters. The molecule has 0 amide bonds. The average molecular weight is 374 g/mol. The summed E-state index contributed by atoms with van der Waals surface area (Å²) in [7, 11) is 0. The standard InChI is InChI=1S/C17H18N4O4S/c1-17(24)13(23)10(6-22)25-16(17)21-5-9-8-2-3-26-11(8)4-18-14-12(9)15(21)20-7-19-14/h2-3,5,7,10,13,16,22-24H,4,6H2,1H3,(H,18,19,20)/t10-,13-,16?,17?/m1/s1. The second-order valence-corrected chi connectivity index (χ2v) is 7.86. The van der Waals surface area contributed by atoms with Crippen LogP contribution in [0.25, 0.3) is 22.2 Å². The van der Waals surface area contributed by atoms with Crippen LogP contribution < -0.4 is 5.32 Å². The predicted molar refractivity (Wildman–Crippen MR) is 95.8 cm³/mol. The lowest BCUT2D eigenvalue weighted by atomic mass is 9.96. The zero-order valence-electron chi connectivity index (χ0n) is 14.0. The monoisotopic (exact) mass is 374 g/mol. The molecule has 9 heteroatoms. The summed E-state index contributed by atoms with van der Waals surface area (Å²) < 4.78 is 7.51. The Morgan fingerprint density at radius 3 is 3.04 bits per heavy atom. The van der Waals surface area contributed by atoms with E-state index >= 15 is 0 Å². The molecule has 2 unspecified atom stereocenters. The van der Waals surface area contributed by atoms with Gasteiger partial charge in [0.25, 0.3) is 0 Å². The largest absolute Gasteiger partial charge is 0.394 e. The van der Waals surface area contributed by atoms with E-state index < -0.39 is 24.0 Å². The van der Waals surface area contributed by atoms with E-state index in [1.54, 1.807) is 15.9 Å². The van der Waals surface area contributed by atoms with Gasteiger partial charge in [-0.1, -0.05) is 0 Å². The molecule has 4 N–H and O–H groups in total. The molecule has 2 aliphatic heterocycles. The van der Waals surface area contributed by atoms with Gasteiger partial charge in [-0.25, -0.2) is 9.97 Å². The second kappa shape index (κ2) is 5.48. The third-order valence-electron chi connectivity index (χ3n) is 5.25. The minimum atomic E-state index is -1.57.